The highest BCUT2D eigenvalue weighted by Crippen LogP contribution is 2.60. The predicted molar refractivity (Wildman–Crippen MR) is 148 cm³/mol. The van der Waals surface area contributed by atoms with E-state index in [0.29, 0.717) is 0 Å². The third kappa shape index (κ3) is 4.07. The van der Waals surface area contributed by atoms with E-state index in [-0.39, 0.29) is 44.5 Å². The van der Waals surface area contributed by atoms with Gasteiger partial charge >= 0.3 is 0 Å². The van der Waals surface area contributed by atoms with Gasteiger partial charge in [-0.15, -0.1) is 0 Å². The van der Waals surface area contributed by atoms with E-state index < -0.39 is 91.8 Å². The average Bonchev–Trinajstić information content (AvgIpc) is 3.58. The molecule has 4 aromatic carbocycles. The zero-order chi connectivity index (χ0) is 34.9. The molecule has 14 heteroatoms. The second-order valence-electron chi connectivity index (χ2n) is 10.1. The molecule has 4 nitrogen and oxygen atoms in total. The molecule has 0 saturated carbocycles. The minimum atomic E-state index is -2.41. The largest absolute Gasteiger partial charge is 0.270 e. The van der Waals surface area contributed by atoms with Crippen LogP contribution in [0.1, 0.15) is 22.3 Å². The van der Waals surface area contributed by atoms with Crippen molar-refractivity contribution in [3.8, 4) is 34.4 Å². The molecule has 48 heavy (non-hydrogen) atoms. The highest BCUT2D eigenvalue weighted by atomic mass is 19.2. The van der Waals surface area contributed by atoms with Gasteiger partial charge < -0.3 is 0 Å². The molecule has 0 spiro atoms. The van der Waals surface area contributed by atoms with E-state index in [1.807, 2.05) is 0 Å². The molecular weight excluding hydrogens is 654 g/mol. The summed E-state index contributed by atoms with van der Waals surface area (Å²) in [5.41, 5.74) is -6.01. The van der Waals surface area contributed by atoms with Crippen LogP contribution in [0, 0.1) is 94.0 Å². The quantitative estimate of drug-likeness (QED) is 0.0707. The van der Waals surface area contributed by atoms with Crippen molar-refractivity contribution in [2.24, 2.45) is 0 Å². The first-order valence-electron chi connectivity index (χ1n) is 13.0. The molecule has 0 aliphatic heterocycles. The normalized spacial score (nSPS) is 14.8. The zero-order valence-corrected chi connectivity index (χ0v) is 23.0. The summed E-state index contributed by atoms with van der Waals surface area (Å²) in [5, 5.41) is 19.7. The van der Waals surface area contributed by atoms with Gasteiger partial charge in [-0.05, 0) is 56.7 Å². The van der Waals surface area contributed by atoms with Crippen molar-refractivity contribution >= 4 is 22.3 Å². The lowest BCUT2D eigenvalue weighted by molar-refractivity contribution is 0.381. The molecular formula is C34H6F10N4. The minimum Gasteiger partial charge on any atom is -0.226 e. The fourth-order valence-electron chi connectivity index (χ4n) is 5.79. The van der Waals surface area contributed by atoms with Crippen LogP contribution < -0.4 is 0 Å². The first-order valence-corrected chi connectivity index (χ1v) is 13.0. The molecule has 2 aliphatic carbocycles. The summed E-state index contributed by atoms with van der Waals surface area (Å²) in [6, 6.07) is 9.27. The highest BCUT2D eigenvalue weighted by Gasteiger charge is 2.41. The number of halogens is 10. The molecule has 0 bridgehead atoms. The number of hydrogen-bond donors (Lipinski definition) is 0. The number of hydrogen-bond acceptors (Lipinski definition) is 2. The van der Waals surface area contributed by atoms with Crippen LogP contribution in [0.5, 0.6) is 0 Å². The van der Waals surface area contributed by atoms with E-state index in [2.05, 4.69) is 9.69 Å². The number of rotatable bonds is 2. The smallest absolute Gasteiger partial charge is 0.226 e. The van der Waals surface area contributed by atoms with Crippen molar-refractivity contribution in [3.63, 3.8) is 0 Å². The fourth-order valence-corrected chi connectivity index (χ4v) is 5.79. The molecule has 0 fully saturated rings. The van der Waals surface area contributed by atoms with Gasteiger partial charge in [-0.1, -0.05) is 24.3 Å². The summed E-state index contributed by atoms with van der Waals surface area (Å²) in [4.78, 5) is 6.36. The molecule has 0 radical (unpaired) electrons. The first-order chi connectivity index (χ1) is 22.8. The maximum absolute atomic E-state index is 14.8. The number of allylic oxidation sites excluding steroid dienone is 6. The van der Waals surface area contributed by atoms with E-state index in [0.717, 1.165) is 36.4 Å². The lowest BCUT2D eigenvalue weighted by Gasteiger charge is -2.16. The number of fused-ring (bicyclic) bond motifs is 4. The van der Waals surface area contributed by atoms with Crippen LogP contribution in [0.2, 0.25) is 0 Å². The molecule has 0 atom stereocenters. The molecule has 0 amide bonds. The van der Waals surface area contributed by atoms with Crippen LogP contribution in [0.3, 0.4) is 0 Å². The van der Waals surface area contributed by atoms with Gasteiger partial charge in [-0.2, -0.15) is 0 Å². The molecule has 0 unspecified atom stereocenters. The van der Waals surface area contributed by atoms with Gasteiger partial charge in [0.1, 0.15) is 0 Å². The Bertz CT molecular complexity index is 2240. The summed E-state index contributed by atoms with van der Waals surface area (Å²) in [6.45, 7) is 15.2. The van der Waals surface area contributed by atoms with Crippen LogP contribution in [-0.4, -0.2) is 0 Å². The van der Waals surface area contributed by atoms with Crippen molar-refractivity contribution < 1.29 is 43.9 Å². The number of nitrogens with zero attached hydrogens (tertiary/aromatic N) is 4. The third-order valence-electron chi connectivity index (χ3n) is 7.77. The Balaban J connectivity index is 1.68. The van der Waals surface area contributed by atoms with Crippen LogP contribution in [0.15, 0.2) is 47.8 Å². The minimum absolute atomic E-state index is 0.00408. The molecule has 0 heterocycles. The van der Waals surface area contributed by atoms with Crippen LogP contribution in [0.4, 0.5) is 43.9 Å². The van der Waals surface area contributed by atoms with E-state index >= 15 is 0 Å². The molecule has 0 saturated heterocycles. The Labute approximate surface area is 262 Å². The number of benzene rings is 4. The molecule has 0 N–H and O–H groups in total. The van der Waals surface area contributed by atoms with Gasteiger partial charge in [0, 0.05) is 11.1 Å². The number of nitriles is 2. The molecule has 6 rings (SSSR count). The van der Waals surface area contributed by atoms with Crippen molar-refractivity contribution in [2.75, 3.05) is 0 Å². The Morgan fingerprint density at radius 3 is 1.02 bits per heavy atom. The molecule has 0 aromatic heterocycles. The SMILES string of the molecule is [C-]#[N+]/C(C#N)=C1C2=C(/C(=C(\C#N)[N+]#[C-])c3cc(-c4c(F)c(F)c(F)c(F)c4F)ccc32)c2ccc(-c3c(F)c(F)c(F)c(F)c3F)cc2\1. The van der Waals surface area contributed by atoms with Gasteiger partial charge in [0.05, 0.1) is 36.4 Å². The van der Waals surface area contributed by atoms with E-state index in [1.54, 1.807) is 12.1 Å². The summed E-state index contributed by atoms with van der Waals surface area (Å²) >= 11 is 0. The Morgan fingerprint density at radius 2 is 0.750 bits per heavy atom. The Hall–Kier alpha value is -6.64. The summed E-state index contributed by atoms with van der Waals surface area (Å²) in [6.07, 6.45) is 0. The van der Waals surface area contributed by atoms with Crippen molar-refractivity contribution in [1.29, 1.82) is 10.5 Å². The van der Waals surface area contributed by atoms with Crippen LogP contribution in [-0.2, 0) is 0 Å². The van der Waals surface area contributed by atoms with Crippen LogP contribution >= 0.6 is 0 Å². The molecule has 232 valence electrons. The predicted octanol–water partition coefficient (Wildman–Crippen LogP) is 9.66. The van der Waals surface area contributed by atoms with Gasteiger partial charge in [0.15, 0.2) is 46.5 Å². The van der Waals surface area contributed by atoms with Gasteiger partial charge in [0.25, 0.3) is 11.4 Å². The Morgan fingerprint density at radius 1 is 0.458 bits per heavy atom. The van der Waals surface area contributed by atoms with Crippen LogP contribution in [0.25, 0.3) is 54.2 Å². The topological polar surface area (TPSA) is 56.3 Å². The molecule has 2 aliphatic rings. The lowest BCUT2D eigenvalue weighted by Crippen LogP contribution is -2.05. The monoisotopic (exact) mass is 660 g/mol. The standard InChI is InChI=1S/C34H6F10N4/c1-47-17(9-45)21-15-7-11(19-25(35)29(39)33(43)30(40)26(19)36)3-5-13(15)24-22(18(10-46)48-2)16-8-12(4-6-14(16)23(21)24)20-27(37)31(41)34(44)32(42)28(20)38/h3-8H/b21-17-,22-18+. The van der Waals surface area contributed by atoms with Crippen molar-refractivity contribution in [1.82, 2.24) is 0 Å². The average molecular weight is 660 g/mol. The van der Waals surface area contributed by atoms with E-state index in [4.69, 9.17) is 13.1 Å². The fraction of sp³-hybridized carbons (Fsp3) is 0. The maximum atomic E-state index is 14.8. The second kappa shape index (κ2) is 11.0. The summed E-state index contributed by atoms with van der Waals surface area (Å²) < 4.78 is 143. The van der Waals surface area contributed by atoms with Gasteiger partial charge in [0.2, 0.25) is 11.6 Å². The van der Waals surface area contributed by atoms with Gasteiger partial charge in [-0.3, -0.25) is 0 Å². The third-order valence-corrected chi connectivity index (χ3v) is 7.77. The Kier molecular flexibility index (Phi) is 7.19. The van der Waals surface area contributed by atoms with Crippen molar-refractivity contribution in [2.45, 2.75) is 0 Å². The second-order valence-corrected chi connectivity index (χ2v) is 10.1. The maximum Gasteiger partial charge on any atom is 0.270 e. The lowest BCUT2D eigenvalue weighted by atomic mass is 9.88. The van der Waals surface area contributed by atoms with E-state index in [1.165, 1.54) is 0 Å². The summed E-state index contributed by atoms with van der Waals surface area (Å²) in [7, 11) is 0. The van der Waals surface area contributed by atoms with E-state index in [9.17, 15) is 54.4 Å². The summed E-state index contributed by atoms with van der Waals surface area (Å²) in [5.74, 6) is -22.5. The highest BCUT2D eigenvalue weighted by molar-refractivity contribution is 6.37. The zero-order valence-electron chi connectivity index (χ0n) is 23.0. The van der Waals surface area contributed by atoms with Crippen molar-refractivity contribution in [3.05, 3.63) is 151 Å². The van der Waals surface area contributed by atoms with Gasteiger partial charge in [-0.25, -0.2) is 64.1 Å². The first kappa shape index (κ1) is 31.3. The molecule has 4 aromatic rings.